The van der Waals surface area contributed by atoms with Crippen LogP contribution in [0, 0.1) is 11.7 Å². The van der Waals surface area contributed by atoms with Crippen molar-refractivity contribution in [1.82, 2.24) is 25.1 Å². The SMILES string of the molecule is CC[C@@H](c1nnnn1Cc1ccc(F)cc1)N1CCC(C(N)=O)CC1. The molecule has 1 aromatic heterocycles. The predicted molar refractivity (Wildman–Crippen MR) is 89.8 cm³/mol. The number of benzene rings is 1. The number of amides is 1. The van der Waals surface area contributed by atoms with Gasteiger partial charge in [-0.3, -0.25) is 9.69 Å². The summed E-state index contributed by atoms with van der Waals surface area (Å²) in [7, 11) is 0. The van der Waals surface area contributed by atoms with E-state index in [-0.39, 0.29) is 23.7 Å². The summed E-state index contributed by atoms with van der Waals surface area (Å²) >= 11 is 0. The molecule has 0 saturated carbocycles. The minimum atomic E-state index is -0.260. The first-order valence-electron chi connectivity index (χ1n) is 8.62. The third-order valence-corrected chi connectivity index (χ3v) is 4.86. The van der Waals surface area contributed by atoms with Gasteiger partial charge in [-0.2, -0.15) is 0 Å². The first-order valence-corrected chi connectivity index (χ1v) is 8.62. The van der Waals surface area contributed by atoms with E-state index in [1.54, 1.807) is 16.8 Å². The standard InChI is InChI=1S/C17H23FN6O/c1-2-15(23-9-7-13(8-10-23)16(19)25)17-20-21-22-24(17)11-12-3-5-14(18)6-4-12/h3-6,13,15H,2,7-11H2,1H3,(H2,19,25)/t15-/m0/s1. The molecule has 1 aliphatic heterocycles. The maximum absolute atomic E-state index is 13.1. The molecule has 25 heavy (non-hydrogen) atoms. The molecule has 7 nitrogen and oxygen atoms in total. The Morgan fingerprint density at radius 1 is 1.32 bits per heavy atom. The molecule has 3 rings (SSSR count). The van der Waals surface area contributed by atoms with Gasteiger partial charge in [0.2, 0.25) is 5.91 Å². The second kappa shape index (κ2) is 7.69. The Balaban J connectivity index is 1.73. The van der Waals surface area contributed by atoms with E-state index < -0.39 is 0 Å². The quantitative estimate of drug-likeness (QED) is 0.856. The molecule has 1 saturated heterocycles. The number of carbonyl (C=O) groups is 1. The minimum Gasteiger partial charge on any atom is -0.369 e. The molecule has 1 atom stereocenters. The monoisotopic (exact) mass is 346 g/mol. The number of aromatic nitrogens is 4. The van der Waals surface area contributed by atoms with Crippen LogP contribution in [0.1, 0.15) is 43.6 Å². The molecule has 0 aliphatic carbocycles. The van der Waals surface area contributed by atoms with Crippen LogP contribution in [0.25, 0.3) is 0 Å². The van der Waals surface area contributed by atoms with Gasteiger partial charge in [0.15, 0.2) is 5.82 Å². The summed E-state index contributed by atoms with van der Waals surface area (Å²) in [6.07, 6.45) is 2.40. The van der Waals surface area contributed by atoms with Gasteiger partial charge in [0.25, 0.3) is 0 Å². The number of rotatable bonds is 6. The van der Waals surface area contributed by atoms with Crippen molar-refractivity contribution in [1.29, 1.82) is 0 Å². The van der Waals surface area contributed by atoms with Crippen LogP contribution >= 0.6 is 0 Å². The molecular weight excluding hydrogens is 323 g/mol. The zero-order valence-corrected chi connectivity index (χ0v) is 14.3. The van der Waals surface area contributed by atoms with Gasteiger partial charge in [0.1, 0.15) is 5.82 Å². The topological polar surface area (TPSA) is 89.9 Å². The van der Waals surface area contributed by atoms with Gasteiger partial charge >= 0.3 is 0 Å². The third-order valence-electron chi connectivity index (χ3n) is 4.86. The van der Waals surface area contributed by atoms with E-state index in [0.717, 1.165) is 43.7 Å². The Bertz CT molecular complexity index is 708. The van der Waals surface area contributed by atoms with Crippen molar-refractivity contribution in [3.8, 4) is 0 Å². The van der Waals surface area contributed by atoms with E-state index in [2.05, 4.69) is 27.3 Å². The van der Waals surface area contributed by atoms with Crippen LogP contribution < -0.4 is 5.73 Å². The lowest BCUT2D eigenvalue weighted by Gasteiger charge is -2.35. The molecule has 1 amide bonds. The van der Waals surface area contributed by atoms with Crippen molar-refractivity contribution >= 4 is 5.91 Å². The molecule has 1 aliphatic rings. The Morgan fingerprint density at radius 3 is 2.60 bits per heavy atom. The highest BCUT2D eigenvalue weighted by Crippen LogP contribution is 2.28. The van der Waals surface area contributed by atoms with Crippen LogP contribution in [0.2, 0.25) is 0 Å². The lowest BCUT2D eigenvalue weighted by molar-refractivity contribution is -0.123. The van der Waals surface area contributed by atoms with Gasteiger partial charge in [0.05, 0.1) is 12.6 Å². The summed E-state index contributed by atoms with van der Waals surface area (Å²) in [6.45, 7) is 4.20. The molecule has 0 unspecified atom stereocenters. The number of halogens is 1. The maximum Gasteiger partial charge on any atom is 0.220 e. The molecule has 0 bridgehead atoms. The Morgan fingerprint density at radius 2 is 2.00 bits per heavy atom. The van der Waals surface area contributed by atoms with Crippen LogP contribution in [-0.4, -0.2) is 44.1 Å². The van der Waals surface area contributed by atoms with E-state index in [0.29, 0.717) is 6.54 Å². The largest absolute Gasteiger partial charge is 0.369 e. The van der Waals surface area contributed by atoms with Crippen LogP contribution in [0.4, 0.5) is 4.39 Å². The smallest absolute Gasteiger partial charge is 0.220 e. The Hall–Kier alpha value is -2.35. The minimum absolute atomic E-state index is 0.0380. The molecule has 2 heterocycles. The fourth-order valence-corrected chi connectivity index (χ4v) is 3.43. The average Bonchev–Trinajstić information content (AvgIpc) is 3.06. The summed E-state index contributed by atoms with van der Waals surface area (Å²) in [6, 6.07) is 6.43. The van der Waals surface area contributed by atoms with Crippen LogP contribution in [0.5, 0.6) is 0 Å². The molecule has 1 fully saturated rings. The van der Waals surface area contributed by atoms with E-state index in [1.807, 2.05) is 0 Å². The van der Waals surface area contributed by atoms with Crippen LogP contribution in [-0.2, 0) is 11.3 Å². The van der Waals surface area contributed by atoms with Gasteiger partial charge in [0, 0.05) is 5.92 Å². The number of nitrogens with two attached hydrogens (primary N) is 1. The normalized spacial score (nSPS) is 17.5. The van der Waals surface area contributed by atoms with Crippen LogP contribution in [0.15, 0.2) is 24.3 Å². The lowest BCUT2D eigenvalue weighted by atomic mass is 9.94. The number of hydrogen-bond donors (Lipinski definition) is 1. The number of nitrogens with zero attached hydrogens (tertiary/aromatic N) is 5. The summed E-state index contributed by atoms with van der Waals surface area (Å²) in [5.74, 6) is 0.284. The zero-order chi connectivity index (χ0) is 17.8. The summed E-state index contributed by atoms with van der Waals surface area (Å²) < 4.78 is 14.8. The van der Waals surface area contributed by atoms with Gasteiger partial charge in [-0.05, 0) is 60.5 Å². The number of piperidine rings is 1. The number of primary amides is 1. The molecular formula is C17H23FN6O. The maximum atomic E-state index is 13.1. The summed E-state index contributed by atoms with van der Waals surface area (Å²) in [4.78, 5) is 13.7. The van der Waals surface area contributed by atoms with Gasteiger partial charge in [-0.15, -0.1) is 5.10 Å². The number of likely N-dealkylation sites (tertiary alicyclic amines) is 1. The highest BCUT2D eigenvalue weighted by atomic mass is 19.1. The van der Waals surface area contributed by atoms with Crippen LogP contribution in [0.3, 0.4) is 0 Å². The second-order valence-electron chi connectivity index (χ2n) is 6.46. The first-order chi connectivity index (χ1) is 12.1. The van der Waals surface area contributed by atoms with Crippen molar-refractivity contribution in [3.05, 3.63) is 41.5 Å². The van der Waals surface area contributed by atoms with Gasteiger partial charge in [-0.25, -0.2) is 9.07 Å². The van der Waals surface area contributed by atoms with Crippen molar-refractivity contribution in [2.45, 2.75) is 38.8 Å². The van der Waals surface area contributed by atoms with E-state index in [9.17, 15) is 9.18 Å². The summed E-state index contributed by atoms with van der Waals surface area (Å²) in [5, 5.41) is 12.2. The Labute approximate surface area is 146 Å². The van der Waals surface area contributed by atoms with E-state index in [1.165, 1.54) is 12.1 Å². The van der Waals surface area contributed by atoms with Crippen molar-refractivity contribution in [2.75, 3.05) is 13.1 Å². The molecule has 1 aromatic carbocycles. The molecule has 8 heteroatoms. The highest BCUT2D eigenvalue weighted by molar-refractivity contribution is 5.76. The Kier molecular flexibility index (Phi) is 5.37. The fourth-order valence-electron chi connectivity index (χ4n) is 3.43. The molecule has 0 spiro atoms. The van der Waals surface area contributed by atoms with Crippen molar-refractivity contribution in [3.63, 3.8) is 0 Å². The first kappa shape index (κ1) is 17.5. The predicted octanol–water partition coefficient (Wildman–Crippen LogP) is 1.51. The van der Waals surface area contributed by atoms with Gasteiger partial charge < -0.3 is 5.73 Å². The zero-order valence-electron chi connectivity index (χ0n) is 14.3. The third kappa shape index (κ3) is 4.01. The molecule has 2 N–H and O–H groups in total. The lowest BCUT2D eigenvalue weighted by Crippen LogP contribution is -2.41. The molecule has 134 valence electrons. The molecule has 2 aromatic rings. The van der Waals surface area contributed by atoms with Gasteiger partial charge in [-0.1, -0.05) is 19.1 Å². The average molecular weight is 346 g/mol. The fraction of sp³-hybridized carbons (Fsp3) is 0.529. The number of carbonyl (C=O) groups excluding carboxylic acids is 1. The van der Waals surface area contributed by atoms with E-state index in [4.69, 9.17) is 5.73 Å². The van der Waals surface area contributed by atoms with Crippen molar-refractivity contribution < 1.29 is 9.18 Å². The van der Waals surface area contributed by atoms with Crippen molar-refractivity contribution in [2.24, 2.45) is 11.7 Å². The van der Waals surface area contributed by atoms with E-state index >= 15 is 0 Å². The number of hydrogen-bond acceptors (Lipinski definition) is 5. The highest BCUT2D eigenvalue weighted by Gasteiger charge is 2.30. The summed E-state index contributed by atoms with van der Waals surface area (Å²) in [5.41, 5.74) is 6.36. The number of tetrazole rings is 1. The molecule has 0 radical (unpaired) electrons. The second-order valence-corrected chi connectivity index (χ2v) is 6.46.